The standard InChI is InChI=1S/C17H28N2O4S/c1-3-4-15-5-6-16(23-15)13-18-9-7-17(20)8-10-19(24(2,21)22)12-14(17)11-18/h5-6,14,20H,3-4,7-13H2,1-2H3/t14-,17-/m1/s1. The van der Waals surface area contributed by atoms with Gasteiger partial charge in [-0.2, -0.15) is 0 Å². The summed E-state index contributed by atoms with van der Waals surface area (Å²) < 4.78 is 31.0. The molecule has 24 heavy (non-hydrogen) atoms. The number of fused-ring (bicyclic) bond motifs is 1. The van der Waals surface area contributed by atoms with Crippen LogP contribution in [0.15, 0.2) is 16.5 Å². The Morgan fingerprint density at radius 1 is 1.25 bits per heavy atom. The summed E-state index contributed by atoms with van der Waals surface area (Å²) in [5, 5.41) is 10.9. The summed E-state index contributed by atoms with van der Waals surface area (Å²) in [7, 11) is -3.20. The van der Waals surface area contributed by atoms with Crippen LogP contribution < -0.4 is 0 Å². The van der Waals surface area contributed by atoms with Gasteiger partial charge in [-0.25, -0.2) is 12.7 Å². The topological polar surface area (TPSA) is 74.0 Å². The zero-order valence-corrected chi connectivity index (χ0v) is 15.4. The van der Waals surface area contributed by atoms with Gasteiger partial charge in [-0.1, -0.05) is 6.92 Å². The highest BCUT2D eigenvalue weighted by atomic mass is 32.2. The second kappa shape index (κ2) is 6.78. The van der Waals surface area contributed by atoms with E-state index in [0.29, 0.717) is 32.5 Å². The molecule has 0 amide bonds. The van der Waals surface area contributed by atoms with E-state index in [1.807, 2.05) is 12.1 Å². The fraction of sp³-hybridized carbons (Fsp3) is 0.765. The van der Waals surface area contributed by atoms with Crippen LogP contribution in [0.5, 0.6) is 0 Å². The van der Waals surface area contributed by atoms with Crippen LogP contribution in [-0.4, -0.2) is 60.8 Å². The number of sulfonamides is 1. The van der Waals surface area contributed by atoms with Crippen LogP contribution in [0, 0.1) is 5.92 Å². The number of aryl methyl sites for hydroxylation is 1. The van der Waals surface area contributed by atoms with Gasteiger partial charge >= 0.3 is 0 Å². The van der Waals surface area contributed by atoms with Crippen molar-refractivity contribution in [2.75, 3.05) is 32.4 Å². The van der Waals surface area contributed by atoms with Crippen molar-refractivity contribution in [3.63, 3.8) is 0 Å². The summed E-state index contributed by atoms with van der Waals surface area (Å²) in [6.07, 6.45) is 4.48. The molecule has 2 fully saturated rings. The summed E-state index contributed by atoms with van der Waals surface area (Å²) in [6, 6.07) is 4.06. The van der Waals surface area contributed by atoms with Gasteiger partial charge in [0.15, 0.2) is 0 Å². The first-order valence-electron chi connectivity index (χ1n) is 8.77. The molecule has 2 saturated heterocycles. The van der Waals surface area contributed by atoms with Crippen LogP contribution in [0.3, 0.4) is 0 Å². The highest BCUT2D eigenvalue weighted by Crippen LogP contribution is 2.36. The third kappa shape index (κ3) is 3.85. The molecule has 3 rings (SSSR count). The Bertz CT molecular complexity index is 672. The van der Waals surface area contributed by atoms with E-state index in [9.17, 15) is 13.5 Å². The van der Waals surface area contributed by atoms with Crippen molar-refractivity contribution in [1.29, 1.82) is 0 Å². The molecule has 3 heterocycles. The number of aliphatic hydroxyl groups is 1. The van der Waals surface area contributed by atoms with E-state index in [1.54, 1.807) is 0 Å². The number of hydrogen-bond acceptors (Lipinski definition) is 5. The average Bonchev–Trinajstić information content (AvgIpc) is 2.94. The predicted molar refractivity (Wildman–Crippen MR) is 92.1 cm³/mol. The second-order valence-corrected chi connectivity index (χ2v) is 9.26. The zero-order valence-electron chi connectivity index (χ0n) is 14.6. The third-order valence-electron chi connectivity index (χ3n) is 5.38. The van der Waals surface area contributed by atoms with Crippen molar-refractivity contribution in [3.05, 3.63) is 23.7 Å². The Morgan fingerprint density at radius 2 is 1.96 bits per heavy atom. The SMILES string of the molecule is CCCc1ccc(CN2CC[C@@]3(O)CCN(S(C)(=O)=O)C[C@H]3C2)o1. The van der Waals surface area contributed by atoms with Gasteiger partial charge in [0.2, 0.25) is 10.0 Å². The highest BCUT2D eigenvalue weighted by Gasteiger charge is 2.46. The summed E-state index contributed by atoms with van der Waals surface area (Å²) in [5.41, 5.74) is -0.728. The second-order valence-electron chi connectivity index (χ2n) is 7.27. The molecule has 0 aliphatic carbocycles. The predicted octanol–water partition coefficient (Wildman–Crippen LogP) is 1.45. The first-order valence-corrected chi connectivity index (χ1v) is 10.6. The number of hydrogen-bond donors (Lipinski definition) is 1. The monoisotopic (exact) mass is 356 g/mol. The maximum Gasteiger partial charge on any atom is 0.211 e. The zero-order chi connectivity index (χ0) is 17.4. The molecule has 0 unspecified atom stereocenters. The van der Waals surface area contributed by atoms with Crippen molar-refractivity contribution in [1.82, 2.24) is 9.21 Å². The molecule has 7 heteroatoms. The molecule has 0 radical (unpaired) electrons. The Balaban J connectivity index is 1.64. The van der Waals surface area contributed by atoms with E-state index in [-0.39, 0.29) is 5.92 Å². The number of furan rings is 1. The molecular weight excluding hydrogens is 328 g/mol. The number of rotatable bonds is 5. The van der Waals surface area contributed by atoms with E-state index >= 15 is 0 Å². The van der Waals surface area contributed by atoms with Crippen LogP contribution in [0.4, 0.5) is 0 Å². The minimum atomic E-state index is -3.20. The molecule has 0 spiro atoms. The molecule has 0 aromatic carbocycles. The van der Waals surface area contributed by atoms with E-state index in [4.69, 9.17) is 4.42 Å². The Hall–Kier alpha value is -0.890. The van der Waals surface area contributed by atoms with Gasteiger partial charge in [-0.3, -0.25) is 4.90 Å². The molecule has 0 saturated carbocycles. The lowest BCUT2D eigenvalue weighted by Gasteiger charge is -2.49. The molecule has 2 aliphatic heterocycles. The molecular formula is C17H28N2O4S. The lowest BCUT2D eigenvalue weighted by molar-refractivity contribution is -0.103. The Morgan fingerprint density at radius 3 is 2.67 bits per heavy atom. The molecule has 1 aromatic rings. The first kappa shape index (κ1) is 17.9. The minimum Gasteiger partial charge on any atom is -0.465 e. The van der Waals surface area contributed by atoms with Crippen molar-refractivity contribution < 1.29 is 17.9 Å². The smallest absolute Gasteiger partial charge is 0.211 e. The van der Waals surface area contributed by atoms with Crippen LogP contribution >= 0.6 is 0 Å². The van der Waals surface area contributed by atoms with Gasteiger partial charge in [0.1, 0.15) is 11.5 Å². The lowest BCUT2D eigenvalue weighted by atomic mass is 9.76. The summed E-state index contributed by atoms with van der Waals surface area (Å²) >= 11 is 0. The maximum atomic E-state index is 11.8. The molecule has 6 nitrogen and oxygen atoms in total. The Labute approximate surface area is 144 Å². The van der Waals surface area contributed by atoms with Crippen molar-refractivity contribution >= 4 is 10.0 Å². The van der Waals surface area contributed by atoms with E-state index in [0.717, 1.165) is 37.5 Å². The van der Waals surface area contributed by atoms with E-state index in [2.05, 4.69) is 11.8 Å². The van der Waals surface area contributed by atoms with Crippen molar-refractivity contribution in [2.24, 2.45) is 5.92 Å². The van der Waals surface area contributed by atoms with Gasteiger partial charge in [0.25, 0.3) is 0 Å². The molecule has 2 aliphatic rings. The third-order valence-corrected chi connectivity index (χ3v) is 6.65. The average molecular weight is 356 g/mol. The Kier molecular flexibility index (Phi) is 5.06. The summed E-state index contributed by atoms with van der Waals surface area (Å²) in [6.45, 7) is 5.19. The van der Waals surface area contributed by atoms with Crippen LogP contribution in [0.25, 0.3) is 0 Å². The fourth-order valence-corrected chi connectivity index (χ4v) is 4.77. The molecule has 0 bridgehead atoms. The number of likely N-dealkylation sites (tertiary alicyclic amines) is 1. The largest absolute Gasteiger partial charge is 0.465 e. The molecule has 1 N–H and O–H groups in total. The summed E-state index contributed by atoms with van der Waals surface area (Å²) in [5.74, 6) is 1.92. The first-order chi connectivity index (χ1) is 11.3. The van der Waals surface area contributed by atoms with Gasteiger partial charge in [-0.15, -0.1) is 0 Å². The quantitative estimate of drug-likeness (QED) is 0.864. The highest BCUT2D eigenvalue weighted by molar-refractivity contribution is 7.88. The van der Waals surface area contributed by atoms with E-state index in [1.165, 1.54) is 10.6 Å². The maximum absolute atomic E-state index is 11.8. The van der Waals surface area contributed by atoms with Crippen LogP contribution in [-0.2, 0) is 23.0 Å². The van der Waals surface area contributed by atoms with Gasteiger partial charge < -0.3 is 9.52 Å². The molecule has 2 atom stereocenters. The van der Waals surface area contributed by atoms with Gasteiger partial charge in [0.05, 0.1) is 18.4 Å². The van der Waals surface area contributed by atoms with E-state index < -0.39 is 15.6 Å². The number of nitrogens with zero attached hydrogens (tertiary/aromatic N) is 2. The van der Waals surface area contributed by atoms with Crippen LogP contribution in [0.2, 0.25) is 0 Å². The minimum absolute atomic E-state index is 0.0419. The van der Waals surface area contributed by atoms with Gasteiger partial charge in [-0.05, 0) is 31.4 Å². The number of piperidine rings is 2. The normalized spacial score (nSPS) is 29.5. The van der Waals surface area contributed by atoms with Gasteiger partial charge in [0, 0.05) is 38.5 Å². The molecule has 1 aromatic heterocycles. The lowest BCUT2D eigenvalue weighted by Crippen LogP contribution is -2.60. The summed E-state index contributed by atoms with van der Waals surface area (Å²) in [4.78, 5) is 2.26. The fourth-order valence-electron chi connectivity index (χ4n) is 3.89. The molecule has 136 valence electrons. The van der Waals surface area contributed by atoms with Crippen LogP contribution in [0.1, 0.15) is 37.7 Å². The van der Waals surface area contributed by atoms with Crippen molar-refractivity contribution in [3.8, 4) is 0 Å². The van der Waals surface area contributed by atoms with Crippen molar-refractivity contribution in [2.45, 2.75) is 44.8 Å².